The highest BCUT2D eigenvalue weighted by atomic mass is 16.1. The molecule has 0 atom stereocenters. The second kappa shape index (κ2) is 11.2. The molecular formula is C26H35N5O. The van der Waals surface area contributed by atoms with Crippen LogP contribution in [0.3, 0.4) is 0 Å². The van der Waals surface area contributed by atoms with Crippen LogP contribution in [-0.4, -0.2) is 67.2 Å². The van der Waals surface area contributed by atoms with E-state index in [0.29, 0.717) is 5.56 Å². The van der Waals surface area contributed by atoms with Crippen LogP contribution in [0.25, 0.3) is 0 Å². The number of piperazine rings is 1. The zero-order valence-electron chi connectivity index (χ0n) is 19.2. The van der Waals surface area contributed by atoms with E-state index in [0.717, 1.165) is 83.0 Å². The summed E-state index contributed by atoms with van der Waals surface area (Å²) in [6.07, 6.45) is 3.13. The minimum absolute atomic E-state index is 0.00665. The molecule has 2 aromatic carbocycles. The number of carbonyl (C=O) groups excluding carboxylic acids is 1. The third-order valence-corrected chi connectivity index (χ3v) is 6.30. The number of hydrazone groups is 1. The first-order valence-corrected chi connectivity index (χ1v) is 11.9. The van der Waals surface area contributed by atoms with Gasteiger partial charge in [0.25, 0.3) is 5.91 Å². The van der Waals surface area contributed by atoms with Gasteiger partial charge in [0.05, 0.1) is 5.69 Å². The Hall–Kier alpha value is -2.70. The molecule has 4 rings (SSSR count). The number of nitrogens with zero attached hydrogens (tertiary/aromatic N) is 4. The summed E-state index contributed by atoms with van der Waals surface area (Å²) in [6, 6.07) is 18.5. The van der Waals surface area contributed by atoms with Gasteiger partial charge in [-0.1, -0.05) is 30.3 Å². The van der Waals surface area contributed by atoms with E-state index in [4.69, 9.17) is 0 Å². The number of unbranched alkanes of at least 4 members (excludes halogenated alkanes) is 1. The van der Waals surface area contributed by atoms with Crippen LogP contribution >= 0.6 is 0 Å². The highest BCUT2D eigenvalue weighted by molar-refractivity contribution is 5.94. The van der Waals surface area contributed by atoms with Crippen LogP contribution in [0.4, 0.5) is 5.69 Å². The van der Waals surface area contributed by atoms with Crippen LogP contribution < -0.4 is 10.3 Å². The summed E-state index contributed by atoms with van der Waals surface area (Å²) in [4.78, 5) is 17.5. The van der Waals surface area contributed by atoms with Crippen molar-refractivity contribution in [1.82, 2.24) is 15.1 Å². The molecule has 0 radical (unpaired) electrons. The Morgan fingerprint density at radius 2 is 1.62 bits per heavy atom. The Bertz CT molecular complexity index is 888. The minimum Gasteiger partial charge on any atom is -0.352 e. The van der Waals surface area contributed by atoms with Gasteiger partial charge < -0.3 is 10.2 Å². The molecule has 2 heterocycles. The van der Waals surface area contributed by atoms with Gasteiger partial charge in [-0.15, -0.1) is 0 Å². The lowest BCUT2D eigenvalue weighted by atomic mass is 10.2. The first kappa shape index (κ1) is 22.5. The standard InChI is InChI=1S/C26H35N5O/c1-22-13-16-31(28-22)25-11-9-24(10-12-25)26(32)27-14-5-6-15-29-17-19-30(20-18-29)21-23-7-3-2-4-8-23/h2-4,7-12H,5-6,13-21H2,1H3,(H,27,32). The van der Waals surface area contributed by atoms with Crippen LogP contribution in [-0.2, 0) is 6.54 Å². The number of rotatable bonds is 9. The Labute approximate surface area is 191 Å². The summed E-state index contributed by atoms with van der Waals surface area (Å²) in [7, 11) is 0. The molecule has 2 aromatic rings. The Balaban J connectivity index is 1.09. The van der Waals surface area contributed by atoms with Crippen molar-refractivity contribution in [2.75, 3.05) is 50.8 Å². The molecule has 1 N–H and O–H groups in total. The molecule has 2 aliphatic heterocycles. The van der Waals surface area contributed by atoms with Gasteiger partial charge in [-0.3, -0.25) is 14.7 Å². The van der Waals surface area contributed by atoms with Gasteiger partial charge in [-0.05, 0) is 56.1 Å². The first-order valence-electron chi connectivity index (χ1n) is 11.9. The molecule has 6 nitrogen and oxygen atoms in total. The molecule has 0 bridgehead atoms. The summed E-state index contributed by atoms with van der Waals surface area (Å²) in [6.45, 7) is 10.4. The van der Waals surface area contributed by atoms with Crippen molar-refractivity contribution < 1.29 is 4.79 Å². The monoisotopic (exact) mass is 433 g/mol. The number of anilines is 1. The minimum atomic E-state index is 0.00665. The maximum Gasteiger partial charge on any atom is 0.251 e. The zero-order valence-corrected chi connectivity index (χ0v) is 19.2. The van der Waals surface area contributed by atoms with Crippen molar-refractivity contribution in [1.29, 1.82) is 0 Å². The number of carbonyl (C=O) groups is 1. The quantitative estimate of drug-likeness (QED) is 0.614. The molecule has 0 aromatic heterocycles. The summed E-state index contributed by atoms with van der Waals surface area (Å²) in [5.41, 5.74) is 4.30. The number of benzene rings is 2. The second-order valence-corrected chi connectivity index (χ2v) is 8.82. The van der Waals surface area contributed by atoms with E-state index in [9.17, 15) is 4.79 Å². The van der Waals surface area contributed by atoms with Gasteiger partial charge in [-0.2, -0.15) is 5.10 Å². The van der Waals surface area contributed by atoms with Crippen molar-refractivity contribution in [3.8, 4) is 0 Å². The summed E-state index contributed by atoms with van der Waals surface area (Å²) < 4.78 is 0. The van der Waals surface area contributed by atoms with Crippen LogP contribution in [0.1, 0.15) is 42.1 Å². The largest absolute Gasteiger partial charge is 0.352 e. The molecular weight excluding hydrogens is 398 g/mol. The van der Waals surface area contributed by atoms with Crippen molar-refractivity contribution >= 4 is 17.3 Å². The number of nitrogens with one attached hydrogen (secondary N) is 1. The number of amides is 1. The fraction of sp³-hybridized carbons (Fsp3) is 0.462. The van der Waals surface area contributed by atoms with Crippen molar-refractivity contribution in [2.24, 2.45) is 5.10 Å². The van der Waals surface area contributed by atoms with E-state index in [1.807, 2.05) is 36.2 Å². The molecule has 6 heteroatoms. The number of hydrogen-bond donors (Lipinski definition) is 1. The van der Waals surface area contributed by atoms with Crippen LogP contribution in [0.5, 0.6) is 0 Å². The topological polar surface area (TPSA) is 51.2 Å². The van der Waals surface area contributed by atoms with Crippen LogP contribution in [0, 0.1) is 0 Å². The van der Waals surface area contributed by atoms with E-state index in [1.54, 1.807) is 0 Å². The van der Waals surface area contributed by atoms with E-state index in [2.05, 4.69) is 50.5 Å². The lowest BCUT2D eigenvalue weighted by Crippen LogP contribution is -2.46. The van der Waals surface area contributed by atoms with Crippen molar-refractivity contribution in [2.45, 2.75) is 32.7 Å². The Morgan fingerprint density at radius 1 is 0.906 bits per heavy atom. The Morgan fingerprint density at radius 3 is 2.31 bits per heavy atom. The zero-order chi connectivity index (χ0) is 22.2. The molecule has 0 unspecified atom stereocenters. The van der Waals surface area contributed by atoms with Gasteiger partial charge in [0.15, 0.2) is 0 Å². The fourth-order valence-corrected chi connectivity index (χ4v) is 4.32. The molecule has 1 amide bonds. The van der Waals surface area contributed by atoms with Gasteiger partial charge in [0.1, 0.15) is 0 Å². The lowest BCUT2D eigenvalue weighted by molar-refractivity contribution is 0.0951. The molecule has 0 spiro atoms. The average molecular weight is 434 g/mol. The van der Waals surface area contributed by atoms with Gasteiger partial charge in [-0.25, -0.2) is 0 Å². The molecule has 0 aliphatic carbocycles. The predicted octanol–water partition coefficient (Wildman–Crippen LogP) is 3.60. The van der Waals surface area contributed by atoms with E-state index >= 15 is 0 Å². The van der Waals surface area contributed by atoms with Crippen molar-refractivity contribution in [3.63, 3.8) is 0 Å². The average Bonchev–Trinajstić information content (AvgIpc) is 3.27. The predicted molar refractivity (Wildman–Crippen MR) is 131 cm³/mol. The smallest absolute Gasteiger partial charge is 0.251 e. The molecule has 1 saturated heterocycles. The van der Waals surface area contributed by atoms with Gasteiger partial charge >= 0.3 is 0 Å². The SMILES string of the molecule is CC1=NN(c2ccc(C(=O)NCCCCN3CCN(Cc4ccccc4)CC3)cc2)CC1. The molecule has 0 saturated carbocycles. The highest BCUT2D eigenvalue weighted by Gasteiger charge is 2.17. The van der Waals surface area contributed by atoms with Crippen LogP contribution in [0.2, 0.25) is 0 Å². The Kier molecular flexibility index (Phi) is 7.91. The van der Waals surface area contributed by atoms with Gasteiger partial charge in [0.2, 0.25) is 0 Å². The third-order valence-electron chi connectivity index (χ3n) is 6.30. The van der Waals surface area contributed by atoms with Crippen molar-refractivity contribution in [3.05, 3.63) is 65.7 Å². The van der Waals surface area contributed by atoms with E-state index in [-0.39, 0.29) is 5.91 Å². The summed E-state index contributed by atoms with van der Waals surface area (Å²) in [5, 5.41) is 9.57. The van der Waals surface area contributed by atoms with Gasteiger partial charge in [0, 0.05) is 63.5 Å². The third kappa shape index (κ3) is 6.40. The lowest BCUT2D eigenvalue weighted by Gasteiger charge is -2.34. The molecule has 32 heavy (non-hydrogen) atoms. The highest BCUT2D eigenvalue weighted by Crippen LogP contribution is 2.19. The fourth-order valence-electron chi connectivity index (χ4n) is 4.32. The second-order valence-electron chi connectivity index (χ2n) is 8.82. The van der Waals surface area contributed by atoms with E-state index in [1.165, 1.54) is 5.56 Å². The maximum atomic E-state index is 12.4. The van der Waals surface area contributed by atoms with Crippen LogP contribution in [0.15, 0.2) is 59.7 Å². The molecule has 170 valence electrons. The summed E-state index contributed by atoms with van der Waals surface area (Å²) in [5.74, 6) is 0.00665. The normalized spacial score (nSPS) is 17.4. The summed E-state index contributed by atoms with van der Waals surface area (Å²) >= 11 is 0. The number of hydrogen-bond acceptors (Lipinski definition) is 5. The molecule has 1 fully saturated rings. The van der Waals surface area contributed by atoms with E-state index < -0.39 is 0 Å². The maximum absolute atomic E-state index is 12.4. The molecule has 2 aliphatic rings. The first-order chi connectivity index (χ1) is 15.7.